The van der Waals surface area contributed by atoms with E-state index >= 15 is 0 Å². The minimum atomic E-state index is 0.501. The van der Waals surface area contributed by atoms with Crippen molar-refractivity contribution in [3.05, 3.63) is 46.7 Å². The number of hydrogen-bond donors (Lipinski definition) is 0. The molecule has 0 atom stereocenters. The number of nitrogens with zero attached hydrogens (tertiary/aromatic N) is 2. The van der Waals surface area contributed by atoms with E-state index in [1.54, 1.807) is 23.0 Å². The fourth-order valence-electron chi connectivity index (χ4n) is 1.04. The number of benzene rings is 1. The van der Waals surface area contributed by atoms with Gasteiger partial charge in [-0.1, -0.05) is 29.3 Å². The second kappa shape index (κ2) is 3.40. The molecule has 0 aliphatic heterocycles. The second-order valence-electron chi connectivity index (χ2n) is 2.46. The standard InChI is InChI=1S/C9H5Cl2N2/c10-7-3-1-4-8(9(7)11)13-6-2-5-12-13/h1-4,6H. The van der Waals surface area contributed by atoms with Gasteiger partial charge >= 0.3 is 0 Å². The third-order valence-electron chi connectivity index (χ3n) is 1.63. The van der Waals surface area contributed by atoms with Crippen LogP contribution in [0.5, 0.6) is 0 Å². The third-order valence-corrected chi connectivity index (χ3v) is 2.44. The molecule has 0 N–H and O–H groups in total. The van der Waals surface area contributed by atoms with Gasteiger partial charge in [-0.3, -0.25) is 0 Å². The summed E-state index contributed by atoms with van der Waals surface area (Å²) in [5.41, 5.74) is 0.760. The van der Waals surface area contributed by atoms with Crippen molar-refractivity contribution in [2.24, 2.45) is 0 Å². The Hall–Kier alpha value is -0.990. The van der Waals surface area contributed by atoms with Gasteiger partial charge in [0.25, 0.3) is 0 Å². The second-order valence-corrected chi connectivity index (χ2v) is 3.25. The maximum atomic E-state index is 5.98. The largest absolute Gasteiger partial charge is 0.239 e. The van der Waals surface area contributed by atoms with E-state index in [1.807, 2.05) is 12.1 Å². The van der Waals surface area contributed by atoms with Gasteiger partial charge in [0.2, 0.25) is 0 Å². The Balaban J connectivity index is 2.59. The van der Waals surface area contributed by atoms with Gasteiger partial charge in [-0.05, 0) is 18.2 Å². The summed E-state index contributed by atoms with van der Waals surface area (Å²) in [6.07, 6.45) is 4.45. The van der Waals surface area contributed by atoms with Crippen molar-refractivity contribution >= 4 is 23.2 Å². The summed E-state index contributed by atoms with van der Waals surface area (Å²) in [4.78, 5) is 0. The number of rotatable bonds is 1. The highest BCUT2D eigenvalue weighted by Crippen LogP contribution is 2.27. The molecule has 0 aliphatic rings. The molecule has 2 nitrogen and oxygen atoms in total. The van der Waals surface area contributed by atoms with Gasteiger partial charge in [0.1, 0.15) is 6.20 Å². The highest BCUT2D eigenvalue weighted by molar-refractivity contribution is 6.43. The molecule has 0 spiro atoms. The van der Waals surface area contributed by atoms with Gasteiger partial charge in [0.15, 0.2) is 0 Å². The van der Waals surface area contributed by atoms with Crippen molar-refractivity contribution in [2.45, 2.75) is 0 Å². The first-order valence-electron chi connectivity index (χ1n) is 3.65. The molecular weight excluding hydrogens is 207 g/mol. The van der Waals surface area contributed by atoms with Crippen LogP contribution in [0.15, 0.2) is 30.5 Å². The normalized spacial score (nSPS) is 10.3. The van der Waals surface area contributed by atoms with Crippen LogP contribution in [-0.2, 0) is 0 Å². The van der Waals surface area contributed by atoms with Gasteiger partial charge < -0.3 is 0 Å². The van der Waals surface area contributed by atoms with Gasteiger partial charge in [-0.2, -0.15) is 5.10 Å². The molecule has 1 aromatic carbocycles. The highest BCUT2D eigenvalue weighted by Gasteiger charge is 2.05. The lowest BCUT2D eigenvalue weighted by atomic mass is 10.3. The summed E-state index contributed by atoms with van der Waals surface area (Å²) < 4.78 is 1.62. The molecule has 0 bridgehead atoms. The van der Waals surface area contributed by atoms with Crippen LogP contribution >= 0.6 is 23.2 Å². The van der Waals surface area contributed by atoms with Crippen LogP contribution in [0.4, 0.5) is 0 Å². The van der Waals surface area contributed by atoms with Gasteiger partial charge in [0, 0.05) is 6.20 Å². The zero-order chi connectivity index (χ0) is 9.26. The quantitative estimate of drug-likeness (QED) is 0.710. The molecule has 1 aromatic heterocycles. The van der Waals surface area contributed by atoms with Crippen molar-refractivity contribution in [1.82, 2.24) is 9.78 Å². The lowest BCUT2D eigenvalue weighted by Gasteiger charge is -2.04. The fourth-order valence-corrected chi connectivity index (χ4v) is 1.42. The number of aromatic nitrogens is 2. The summed E-state index contributed by atoms with van der Waals surface area (Å²) in [6.45, 7) is 0. The van der Waals surface area contributed by atoms with E-state index in [0.29, 0.717) is 10.0 Å². The van der Waals surface area contributed by atoms with E-state index < -0.39 is 0 Å². The molecular formula is C9H5Cl2N2. The molecule has 0 amide bonds. The third kappa shape index (κ3) is 1.55. The van der Waals surface area contributed by atoms with Gasteiger partial charge in [-0.15, -0.1) is 0 Å². The van der Waals surface area contributed by atoms with Crippen molar-refractivity contribution in [3.8, 4) is 5.69 Å². The van der Waals surface area contributed by atoms with E-state index in [1.165, 1.54) is 0 Å². The SMILES string of the molecule is Clc1cccc(-n2cc[c]n2)c1Cl. The van der Waals surface area contributed by atoms with Crippen LogP contribution in [0.1, 0.15) is 0 Å². The van der Waals surface area contributed by atoms with E-state index in [9.17, 15) is 0 Å². The zero-order valence-corrected chi connectivity index (χ0v) is 8.05. The first-order valence-corrected chi connectivity index (χ1v) is 4.41. The first-order chi connectivity index (χ1) is 6.29. The lowest BCUT2D eigenvalue weighted by Crippen LogP contribution is -1.94. The van der Waals surface area contributed by atoms with Crippen LogP contribution in [0.2, 0.25) is 10.0 Å². The van der Waals surface area contributed by atoms with Crippen LogP contribution in [0.25, 0.3) is 5.69 Å². The van der Waals surface area contributed by atoms with Crippen molar-refractivity contribution < 1.29 is 0 Å². The van der Waals surface area contributed by atoms with Gasteiger partial charge in [0.05, 0.1) is 15.7 Å². The Morgan fingerprint density at radius 1 is 1.31 bits per heavy atom. The Morgan fingerprint density at radius 3 is 2.85 bits per heavy atom. The smallest absolute Gasteiger partial charge is 0.113 e. The first kappa shape index (κ1) is 8.60. The molecule has 2 aromatic rings. The Morgan fingerprint density at radius 2 is 2.15 bits per heavy atom. The summed E-state index contributed by atoms with van der Waals surface area (Å²) in [7, 11) is 0. The molecule has 13 heavy (non-hydrogen) atoms. The summed E-state index contributed by atoms with van der Waals surface area (Å²) in [6, 6.07) is 7.11. The lowest BCUT2D eigenvalue weighted by molar-refractivity contribution is 0.877. The molecule has 1 radical (unpaired) electrons. The van der Waals surface area contributed by atoms with E-state index in [4.69, 9.17) is 23.2 Å². The predicted octanol–water partition coefficient (Wildman–Crippen LogP) is 2.98. The molecule has 4 heteroatoms. The fraction of sp³-hybridized carbons (Fsp3) is 0. The zero-order valence-electron chi connectivity index (χ0n) is 6.54. The Labute approximate surface area is 85.7 Å². The van der Waals surface area contributed by atoms with Crippen molar-refractivity contribution in [2.75, 3.05) is 0 Å². The summed E-state index contributed by atoms with van der Waals surface area (Å²) >= 11 is 11.8. The molecule has 0 saturated carbocycles. The molecule has 0 saturated heterocycles. The molecule has 0 fully saturated rings. The van der Waals surface area contributed by atoms with Crippen LogP contribution < -0.4 is 0 Å². The Kier molecular flexibility index (Phi) is 2.25. The number of hydrogen-bond acceptors (Lipinski definition) is 1. The van der Waals surface area contributed by atoms with E-state index in [2.05, 4.69) is 11.3 Å². The average molecular weight is 212 g/mol. The van der Waals surface area contributed by atoms with Crippen molar-refractivity contribution in [3.63, 3.8) is 0 Å². The average Bonchev–Trinajstić information content (AvgIpc) is 2.62. The minimum Gasteiger partial charge on any atom is -0.239 e. The molecule has 2 rings (SSSR count). The molecule has 0 aliphatic carbocycles. The topological polar surface area (TPSA) is 17.8 Å². The predicted molar refractivity (Wildman–Crippen MR) is 52.4 cm³/mol. The Bertz CT molecular complexity index is 410. The van der Waals surface area contributed by atoms with Crippen LogP contribution in [0.3, 0.4) is 0 Å². The maximum absolute atomic E-state index is 5.98. The van der Waals surface area contributed by atoms with Crippen LogP contribution in [-0.4, -0.2) is 9.78 Å². The molecule has 1 heterocycles. The van der Waals surface area contributed by atoms with Gasteiger partial charge in [-0.25, -0.2) is 4.68 Å². The summed E-state index contributed by atoms with van der Waals surface area (Å²) in [5.74, 6) is 0. The number of halogens is 2. The monoisotopic (exact) mass is 211 g/mol. The molecule has 0 unspecified atom stereocenters. The summed E-state index contributed by atoms with van der Waals surface area (Å²) in [5, 5.41) is 4.96. The van der Waals surface area contributed by atoms with E-state index in [0.717, 1.165) is 5.69 Å². The minimum absolute atomic E-state index is 0.501. The van der Waals surface area contributed by atoms with Crippen molar-refractivity contribution in [1.29, 1.82) is 0 Å². The van der Waals surface area contributed by atoms with E-state index in [-0.39, 0.29) is 0 Å². The van der Waals surface area contributed by atoms with Crippen LogP contribution in [0, 0.1) is 6.20 Å². The highest BCUT2D eigenvalue weighted by atomic mass is 35.5. The molecule has 65 valence electrons. The maximum Gasteiger partial charge on any atom is 0.113 e.